The summed E-state index contributed by atoms with van der Waals surface area (Å²) in [4.78, 5) is 16.5. The number of hydrogen-bond donors (Lipinski definition) is 1. The van der Waals surface area contributed by atoms with Gasteiger partial charge in [-0.05, 0) is 68.4 Å². The summed E-state index contributed by atoms with van der Waals surface area (Å²) in [5, 5.41) is 11.5. The van der Waals surface area contributed by atoms with Crippen molar-refractivity contribution >= 4 is 17.2 Å². The summed E-state index contributed by atoms with van der Waals surface area (Å²) in [6.45, 7) is 4.86. The lowest BCUT2D eigenvalue weighted by atomic mass is 9.67. The Kier molecular flexibility index (Phi) is 5.02. The maximum absolute atomic E-state index is 13.2. The Balaban J connectivity index is 1.62. The molecular formula is C22H24F3NO2S. The Labute approximate surface area is 172 Å². The first-order valence-corrected chi connectivity index (χ1v) is 10.7. The number of carbonyl (C=O) groups excluding carboxylic acids is 1. The zero-order valence-electron chi connectivity index (χ0n) is 16.4. The van der Waals surface area contributed by atoms with Crippen LogP contribution in [0.3, 0.4) is 0 Å². The van der Waals surface area contributed by atoms with Gasteiger partial charge in [-0.15, -0.1) is 11.3 Å². The fraction of sp³-hybridized carbons (Fsp3) is 0.500. The van der Waals surface area contributed by atoms with Gasteiger partial charge < -0.3 is 10.0 Å². The lowest BCUT2D eigenvalue weighted by Gasteiger charge is -2.41. The van der Waals surface area contributed by atoms with Crippen molar-refractivity contribution in [2.24, 2.45) is 11.8 Å². The van der Waals surface area contributed by atoms with Crippen LogP contribution in [0.15, 0.2) is 30.3 Å². The Morgan fingerprint density at radius 1 is 1.24 bits per heavy atom. The number of carbonyl (C=O) groups is 1. The molecule has 0 unspecified atom stereocenters. The Hall–Kier alpha value is -1.86. The van der Waals surface area contributed by atoms with E-state index in [-0.39, 0.29) is 17.7 Å². The summed E-state index contributed by atoms with van der Waals surface area (Å²) in [6, 6.07) is 6.92. The molecular weight excluding hydrogens is 399 g/mol. The van der Waals surface area contributed by atoms with Crippen LogP contribution >= 0.6 is 11.3 Å². The van der Waals surface area contributed by atoms with Crippen molar-refractivity contribution in [3.05, 3.63) is 56.8 Å². The molecule has 1 amide bonds. The lowest BCUT2D eigenvalue weighted by molar-refractivity contribution is -0.138. The molecule has 0 radical (unpaired) electrons. The summed E-state index contributed by atoms with van der Waals surface area (Å²) < 4.78 is 39.6. The predicted molar refractivity (Wildman–Crippen MR) is 106 cm³/mol. The maximum Gasteiger partial charge on any atom is 0.416 e. The molecule has 3 atom stereocenters. The molecule has 1 aliphatic heterocycles. The van der Waals surface area contributed by atoms with Crippen molar-refractivity contribution in [1.82, 2.24) is 4.90 Å². The van der Waals surface area contributed by atoms with Crippen LogP contribution in [-0.4, -0.2) is 29.0 Å². The normalized spacial score (nSPS) is 27.2. The number of thiophene rings is 1. The molecule has 1 saturated heterocycles. The molecule has 7 heteroatoms. The minimum atomic E-state index is -4.45. The number of nitrogens with zero attached hydrogens (tertiary/aromatic N) is 1. The summed E-state index contributed by atoms with van der Waals surface area (Å²) in [5.41, 5.74) is -0.712. The molecule has 0 bridgehead atoms. The second-order valence-electron chi connectivity index (χ2n) is 8.32. The highest BCUT2D eigenvalue weighted by atomic mass is 32.1. The molecule has 1 saturated carbocycles. The van der Waals surface area contributed by atoms with E-state index in [0.717, 1.165) is 35.4 Å². The first-order chi connectivity index (χ1) is 13.6. The smallest absolute Gasteiger partial charge is 0.385 e. The van der Waals surface area contributed by atoms with Crippen molar-refractivity contribution < 1.29 is 23.1 Å². The van der Waals surface area contributed by atoms with Gasteiger partial charge in [0.25, 0.3) is 5.91 Å². The van der Waals surface area contributed by atoms with E-state index in [4.69, 9.17) is 0 Å². The molecule has 1 N–H and O–H groups in total. The molecule has 1 aliphatic carbocycles. The Bertz CT molecular complexity index is 919. The average Bonchev–Trinajstić information content (AvgIpc) is 3.25. The Morgan fingerprint density at radius 3 is 2.66 bits per heavy atom. The monoisotopic (exact) mass is 423 g/mol. The van der Waals surface area contributed by atoms with Crippen molar-refractivity contribution in [3.63, 3.8) is 0 Å². The minimum Gasteiger partial charge on any atom is -0.385 e. The highest BCUT2D eigenvalue weighted by Gasteiger charge is 2.51. The highest BCUT2D eigenvalue weighted by molar-refractivity contribution is 7.14. The quantitative estimate of drug-likeness (QED) is 0.726. The number of rotatable bonds is 2. The van der Waals surface area contributed by atoms with Crippen LogP contribution in [0.4, 0.5) is 13.2 Å². The molecule has 156 valence electrons. The van der Waals surface area contributed by atoms with Crippen molar-refractivity contribution in [2.45, 2.75) is 44.9 Å². The maximum atomic E-state index is 13.2. The van der Waals surface area contributed by atoms with E-state index in [1.165, 1.54) is 17.4 Å². The van der Waals surface area contributed by atoms with Gasteiger partial charge in [-0.2, -0.15) is 13.2 Å². The number of alkyl halides is 3. The number of aryl methyl sites for hydroxylation is 2. The van der Waals surface area contributed by atoms with Crippen LogP contribution in [0.1, 0.15) is 50.5 Å². The number of hydrogen-bond acceptors (Lipinski definition) is 3. The number of benzene rings is 1. The van der Waals surface area contributed by atoms with Crippen LogP contribution in [0, 0.1) is 25.7 Å². The number of aliphatic hydroxyl groups is 1. The van der Waals surface area contributed by atoms with Gasteiger partial charge in [0, 0.05) is 23.9 Å². The van der Waals surface area contributed by atoms with Gasteiger partial charge in [0.1, 0.15) is 0 Å². The van der Waals surface area contributed by atoms with Gasteiger partial charge in [0.05, 0.1) is 16.0 Å². The van der Waals surface area contributed by atoms with Gasteiger partial charge in [0.2, 0.25) is 0 Å². The first-order valence-electron chi connectivity index (χ1n) is 9.86. The van der Waals surface area contributed by atoms with Gasteiger partial charge >= 0.3 is 6.18 Å². The van der Waals surface area contributed by atoms with E-state index in [1.807, 2.05) is 19.9 Å². The summed E-state index contributed by atoms with van der Waals surface area (Å²) in [6.07, 6.45) is -2.44. The number of amides is 1. The number of fused-ring (bicyclic) bond motifs is 1. The largest absolute Gasteiger partial charge is 0.416 e. The third-order valence-electron chi connectivity index (χ3n) is 6.54. The van der Waals surface area contributed by atoms with Crippen molar-refractivity contribution in [2.75, 3.05) is 13.1 Å². The Morgan fingerprint density at radius 2 is 2.00 bits per heavy atom. The third kappa shape index (κ3) is 3.59. The van der Waals surface area contributed by atoms with E-state index >= 15 is 0 Å². The molecule has 29 heavy (non-hydrogen) atoms. The zero-order chi connectivity index (χ0) is 21.0. The predicted octanol–water partition coefficient (Wildman–Crippen LogP) is 5.14. The van der Waals surface area contributed by atoms with Crippen LogP contribution in [-0.2, 0) is 11.8 Å². The molecule has 4 rings (SSSR count). The van der Waals surface area contributed by atoms with Crippen molar-refractivity contribution in [1.29, 1.82) is 0 Å². The molecule has 0 spiro atoms. The summed E-state index contributed by atoms with van der Waals surface area (Å²) >= 11 is 1.46. The average molecular weight is 424 g/mol. The molecule has 3 nitrogen and oxygen atoms in total. The number of likely N-dealkylation sites (tertiary alicyclic amines) is 1. The highest BCUT2D eigenvalue weighted by Crippen LogP contribution is 2.49. The topological polar surface area (TPSA) is 40.5 Å². The fourth-order valence-electron chi connectivity index (χ4n) is 4.85. The van der Waals surface area contributed by atoms with E-state index in [0.29, 0.717) is 30.0 Å². The van der Waals surface area contributed by atoms with Crippen LogP contribution in [0.2, 0.25) is 0 Å². The summed E-state index contributed by atoms with van der Waals surface area (Å²) in [5.74, 6) is -0.216. The molecule has 1 aromatic heterocycles. The van der Waals surface area contributed by atoms with E-state index in [1.54, 1.807) is 11.0 Å². The molecule has 2 aliphatic rings. The SMILES string of the molecule is Cc1cc(C(=O)N2C[C@H]3CCC[C@](O)(c4cccc(C(F)(F)F)c4)[C@@H]3C2)sc1C. The molecule has 2 heterocycles. The van der Waals surface area contributed by atoms with Crippen molar-refractivity contribution in [3.8, 4) is 0 Å². The molecule has 2 aromatic rings. The van der Waals surface area contributed by atoms with Crippen LogP contribution in [0.5, 0.6) is 0 Å². The van der Waals surface area contributed by atoms with E-state index in [2.05, 4.69) is 0 Å². The summed E-state index contributed by atoms with van der Waals surface area (Å²) in [7, 11) is 0. The standard InChI is InChI=1S/C22H24F3NO2S/c1-13-9-19(29-14(13)2)20(27)26-11-15-5-4-8-21(28,18(15)12-26)16-6-3-7-17(10-16)22(23,24)25/h3,6-7,9-10,15,18,28H,4-5,8,11-12H2,1-2H3/t15-,18-,21+/m1/s1. The van der Waals surface area contributed by atoms with Crippen LogP contribution in [0.25, 0.3) is 0 Å². The molecule has 1 aromatic carbocycles. The van der Waals surface area contributed by atoms with E-state index < -0.39 is 17.3 Å². The minimum absolute atomic E-state index is 0.0491. The van der Waals surface area contributed by atoms with Gasteiger partial charge in [0.15, 0.2) is 0 Å². The van der Waals surface area contributed by atoms with Gasteiger partial charge in [-0.25, -0.2) is 0 Å². The van der Waals surface area contributed by atoms with Gasteiger partial charge in [-0.1, -0.05) is 12.1 Å². The second-order valence-corrected chi connectivity index (χ2v) is 9.58. The molecule has 2 fully saturated rings. The van der Waals surface area contributed by atoms with Gasteiger partial charge in [-0.3, -0.25) is 4.79 Å². The fourth-order valence-corrected chi connectivity index (χ4v) is 5.85. The van der Waals surface area contributed by atoms with E-state index in [9.17, 15) is 23.1 Å². The first kappa shape index (κ1) is 20.4. The number of halogens is 3. The lowest BCUT2D eigenvalue weighted by Crippen LogP contribution is -2.43. The zero-order valence-corrected chi connectivity index (χ0v) is 17.2. The second kappa shape index (κ2) is 7.13. The third-order valence-corrected chi connectivity index (χ3v) is 7.68. The van der Waals surface area contributed by atoms with Crippen LogP contribution < -0.4 is 0 Å².